The van der Waals surface area contributed by atoms with E-state index >= 15 is 0 Å². The van der Waals surface area contributed by atoms with Gasteiger partial charge in [0.2, 0.25) is 0 Å². The third-order valence-corrected chi connectivity index (χ3v) is 2.78. The second-order valence-corrected chi connectivity index (χ2v) is 4.26. The van der Waals surface area contributed by atoms with Crippen molar-refractivity contribution in [1.29, 1.82) is 0 Å². The number of nitrogen functional groups attached to an aromatic ring is 1. The van der Waals surface area contributed by atoms with E-state index in [2.05, 4.69) is 0 Å². The van der Waals surface area contributed by atoms with Gasteiger partial charge in [0.05, 0.1) is 5.56 Å². The number of rotatable bonds is 2. The van der Waals surface area contributed by atoms with Gasteiger partial charge in [-0.15, -0.1) is 0 Å². The van der Waals surface area contributed by atoms with Crippen LogP contribution in [0.5, 0.6) is 0 Å². The lowest BCUT2D eigenvalue weighted by Crippen LogP contribution is -2.04. The Bertz CT molecular complexity index is 602. The van der Waals surface area contributed by atoms with E-state index in [1.165, 1.54) is 24.3 Å². The third kappa shape index (κ3) is 3.07. The highest BCUT2D eigenvalue weighted by Crippen LogP contribution is 2.32. The number of benzene rings is 2. The average molecular weight is 287 g/mol. The summed E-state index contributed by atoms with van der Waals surface area (Å²) < 4.78 is 62.6. The van der Waals surface area contributed by atoms with E-state index in [0.717, 1.165) is 18.2 Å². The molecule has 0 saturated heterocycles. The Morgan fingerprint density at radius 1 is 0.850 bits per heavy atom. The van der Waals surface area contributed by atoms with Gasteiger partial charge in [-0.05, 0) is 41.5 Å². The van der Waals surface area contributed by atoms with Crippen molar-refractivity contribution >= 4 is 5.69 Å². The van der Waals surface area contributed by atoms with Crippen LogP contribution in [0.15, 0.2) is 42.5 Å². The van der Waals surface area contributed by atoms with E-state index in [-0.39, 0.29) is 11.3 Å². The molecular formula is C14H10F5N. The summed E-state index contributed by atoms with van der Waals surface area (Å²) in [5.41, 5.74) is 5.35. The van der Waals surface area contributed by atoms with E-state index < -0.39 is 18.2 Å². The predicted molar refractivity (Wildman–Crippen MR) is 66.2 cm³/mol. The highest BCUT2D eigenvalue weighted by Gasteiger charge is 2.29. The van der Waals surface area contributed by atoms with Gasteiger partial charge in [0, 0.05) is 11.3 Å². The van der Waals surface area contributed by atoms with Crippen LogP contribution in [-0.2, 0) is 6.18 Å². The molecule has 0 atom stereocenters. The van der Waals surface area contributed by atoms with Crippen molar-refractivity contribution in [2.75, 3.05) is 5.73 Å². The zero-order chi connectivity index (χ0) is 14.9. The molecule has 0 saturated carbocycles. The Kier molecular flexibility index (Phi) is 3.65. The first-order chi connectivity index (χ1) is 9.27. The van der Waals surface area contributed by atoms with Crippen LogP contribution in [0.25, 0.3) is 11.1 Å². The molecule has 0 aliphatic carbocycles. The normalized spacial score (nSPS) is 11.9. The second-order valence-electron chi connectivity index (χ2n) is 4.26. The zero-order valence-corrected chi connectivity index (χ0v) is 10.1. The summed E-state index contributed by atoms with van der Waals surface area (Å²) in [5, 5.41) is 0. The first-order valence-corrected chi connectivity index (χ1v) is 5.63. The molecule has 0 unspecified atom stereocenters. The van der Waals surface area contributed by atoms with Gasteiger partial charge in [0.15, 0.2) is 0 Å². The van der Waals surface area contributed by atoms with Crippen LogP contribution in [0.2, 0.25) is 0 Å². The smallest absolute Gasteiger partial charge is 0.399 e. The average Bonchev–Trinajstić information content (AvgIpc) is 2.37. The van der Waals surface area contributed by atoms with Crippen molar-refractivity contribution in [3.8, 4) is 11.1 Å². The molecule has 0 amide bonds. The van der Waals surface area contributed by atoms with Gasteiger partial charge in [-0.1, -0.05) is 12.1 Å². The van der Waals surface area contributed by atoms with Gasteiger partial charge in [-0.3, -0.25) is 0 Å². The molecule has 2 N–H and O–H groups in total. The molecule has 20 heavy (non-hydrogen) atoms. The monoisotopic (exact) mass is 287 g/mol. The molecular weight excluding hydrogens is 277 g/mol. The minimum absolute atomic E-state index is 0.137. The van der Waals surface area contributed by atoms with Gasteiger partial charge < -0.3 is 5.73 Å². The largest absolute Gasteiger partial charge is 0.416 e. The summed E-state index contributed by atoms with van der Waals surface area (Å²) >= 11 is 0. The summed E-state index contributed by atoms with van der Waals surface area (Å²) in [6.07, 6.45) is -7.12. The lowest BCUT2D eigenvalue weighted by Gasteiger charge is -2.10. The summed E-state index contributed by atoms with van der Waals surface area (Å²) in [5.74, 6) is 0. The molecule has 0 heterocycles. The van der Waals surface area contributed by atoms with Crippen LogP contribution in [0.1, 0.15) is 17.6 Å². The van der Waals surface area contributed by atoms with E-state index in [1.54, 1.807) is 0 Å². The Morgan fingerprint density at radius 2 is 1.45 bits per heavy atom. The predicted octanol–water partition coefficient (Wildman–Crippen LogP) is 4.89. The van der Waals surface area contributed by atoms with Crippen molar-refractivity contribution in [3.63, 3.8) is 0 Å². The van der Waals surface area contributed by atoms with Crippen molar-refractivity contribution in [2.45, 2.75) is 12.6 Å². The van der Waals surface area contributed by atoms with Crippen LogP contribution in [-0.4, -0.2) is 0 Å². The lowest BCUT2D eigenvalue weighted by molar-refractivity contribution is -0.137. The van der Waals surface area contributed by atoms with Crippen molar-refractivity contribution in [2.24, 2.45) is 0 Å². The fourth-order valence-electron chi connectivity index (χ4n) is 1.82. The molecule has 2 rings (SSSR count). The van der Waals surface area contributed by atoms with Crippen LogP contribution < -0.4 is 5.73 Å². The third-order valence-electron chi connectivity index (χ3n) is 2.78. The van der Waals surface area contributed by atoms with E-state index in [0.29, 0.717) is 11.1 Å². The van der Waals surface area contributed by atoms with Crippen molar-refractivity contribution in [3.05, 3.63) is 53.6 Å². The van der Waals surface area contributed by atoms with Gasteiger partial charge in [0.25, 0.3) is 6.43 Å². The van der Waals surface area contributed by atoms with Crippen LogP contribution in [0, 0.1) is 0 Å². The summed E-state index contributed by atoms with van der Waals surface area (Å²) in [4.78, 5) is 0. The van der Waals surface area contributed by atoms with E-state index in [9.17, 15) is 22.0 Å². The van der Waals surface area contributed by atoms with Crippen molar-refractivity contribution < 1.29 is 22.0 Å². The van der Waals surface area contributed by atoms with Crippen LogP contribution in [0.4, 0.5) is 27.6 Å². The van der Waals surface area contributed by atoms with E-state index in [4.69, 9.17) is 5.73 Å². The first-order valence-electron chi connectivity index (χ1n) is 5.63. The van der Waals surface area contributed by atoms with Gasteiger partial charge in [0.1, 0.15) is 0 Å². The number of halogens is 5. The molecule has 0 aliphatic heterocycles. The first kappa shape index (κ1) is 14.3. The molecule has 2 aromatic rings. The molecule has 2 aromatic carbocycles. The van der Waals surface area contributed by atoms with Crippen LogP contribution in [0.3, 0.4) is 0 Å². The highest BCUT2D eigenvalue weighted by atomic mass is 19.4. The highest BCUT2D eigenvalue weighted by molar-refractivity contribution is 5.69. The lowest BCUT2D eigenvalue weighted by atomic mass is 10.0. The Morgan fingerprint density at radius 3 is 1.95 bits per heavy atom. The number of hydrogen-bond acceptors (Lipinski definition) is 1. The molecule has 0 fully saturated rings. The van der Waals surface area contributed by atoms with E-state index in [1.807, 2.05) is 0 Å². The summed E-state index contributed by atoms with van der Waals surface area (Å²) in [6, 6.07) is 8.05. The summed E-state index contributed by atoms with van der Waals surface area (Å²) in [7, 11) is 0. The Balaban J connectivity index is 2.41. The fourth-order valence-corrected chi connectivity index (χ4v) is 1.82. The molecule has 0 bridgehead atoms. The molecule has 6 heteroatoms. The Hall–Kier alpha value is -2.11. The molecule has 1 nitrogen and oxygen atoms in total. The minimum atomic E-state index is -4.43. The molecule has 106 valence electrons. The number of hydrogen-bond donors (Lipinski definition) is 1. The van der Waals surface area contributed by atoms with Gasteiger partial charge >= 0.3 is 6.18 Å². The summed E-state index contributed by atoms with van der Waals surface area (Å²) in [6.45, 7) is 0. The SMILES string of the molecule is Nc1cc(-c2ccc(C(F)(F)F)cc2)cc(C(F)F)c1. The number of nitrogens with two attached hydrogens (primary N) is 1. The fraction of sp³-hybridized carbons (Fsp3) is 0.143. The zero-order valence-electron chi connectivity index (χ0n) is 10.1. The van der Waals surface area contributed by atoms with Gasteiger partial charge in [-0.25, -0.2) is 8.78 Å². The number of alkyl halides is 5. The van der Waals surface area contributed by atoms with Gasteiger partial charge in [-0.2, -0.15) is 13.2 Å². The quantitative estimate of drug-likeness (QED) is 0.617. The standard InChI is InChI=1S/C14H10F5N/c15-13(16)10-5-9(6-12(20)7-10)8-1-3-11(4-2-8)14(17,18)19/h1-7,13H,20H2. The second kappa shape index (κ2) is 5.11. The Labute approximate surface area is 111 Å². The number of anilines is 1. The molecule has 0 aliphatic rings. The molecule has 0 spiro atoms. The van der Waals surface area contributed by atoms with Crippen LogP contribution >= 0.6 is 0 Å². The maximum absolute atomic E-state index is 12.7. The maximum atomic E-state index is 12.7. The molecule has 0 aromatic heterocycles. The topological polar surface area (TPSA) is 26.0 Å². The molecule has 0 radical (unpaired) electrons. The minimum Gasteiger partial charge on any atom is -0.399 e. The maximum Gasteiger partial charge on any atom is 0.416 e. The van der Waals surface area contributed by atoms with Crippen molar-refractivity contribution in [1.82, 2.24) is 0 Å².